The number of hydrogen-bond donors (Lipinski definition) is 0. The van der Waals surface area contributed by atoms with Crippen LogP contribution in [0.3, 0.4) is 0 Å². The summed E-state index contributed by atoms with van der Waals surface area (Å²) in [6.07, 6.45) is -3.60. The molecular formula is C19H21F4N5O2. The van der Waals surface area contributed by atoms with Crippen molar-refractivity contribution in [2.75, 3.05) is 29.6 Å². The van der Waals surface area contributed by atoms with Crippen LogP contribution in [0.5, 0.6) is 0 Å². The maximum atomic E-state index is 13.8. The van der Waals surface area contributed by atoms with Gasteiger partial charge in [0.25, 0.3) is 5.56 Å². The quantitative estimate of drug-likeness (QED) is 0.554. The molecule has 162 valence electrons. The van der Waals surface area contributed by atoms with E-state index in [2.05, 4.69) is 9.97 Å². The molecule has 1 saturated heterocycles. The molecule has 11 heteroatoms. The first-order valence-corrected chi connectivity index (χ1v) is 9.64. The first kappa shape index (κ1) is 20.6. The Labute approximate surface area is 169 Å². The van der Waals surface area contributed by atoms with E-state index < -0.39 is 23.7 Å². The average Bonchev–Trinajstić information content (AvgIpc) is 2.69. The Hall–Kier alpha value is -2.69. The lowest BCUT2D eigenvalue weighted by atomic mass is 10.1. The van der Waals surface area contributed by atoms with E-state index >= 15 is 0 Å². The lowest BCUT2D eigenvalue weighted by Gasteiger charge is -2.40. The van der Waals surface area contributed by atoms with Crippen molar-refractivity contribution in [1.29, 1.82) is 0 Å². The molecule has 0 aliphatic carbocycles. The summed E-state index contributed by atoms with van der Waals surface area (Å²) < 4.78 is 61.2. The fourth-order valence-corrected chi connectivity index (χ4v) is 3.89. The molecule has 0 radical (unpaired) electrons. The van der Waals surface area contributed by atoms with Crippen molar-refractivity contribution >= 4 is 11.8 Å². The zero-order valence-corrected chi connectivity index (χ0v) is 16.3. The van der Waals surface area contributed by atoms with Crippen LogP contribution in [0.25, 0.3) is 0 Å². The summed E-state index contributed by atoms with van der Waals surface area (Å²) in [5, 5.41) is 0. The summed E-state index contributed by atoms with van der Waals surface area (Å²) in [5.41, 5.74) is -0.0185. The lowest BCUT2D eigenvalue weighted by molar-refractivity contribution is -0.153. The number of hydrogen-bond acceptors (Lipinski definition) is 6. The standard InChI is InChI=1S/C19H21F4N5O2/c1-12-11-30-7-6-26(12)16-8-17(29)27-5-4-14(19(21,22)23)28(18(27)25-16)10-13-2-3-15(20)24-9-13/h2-3,8-9,12,14H,4-7,10-11H2,1H3. The Bertz CT molecular complexity index is 963. The highest BCUT2D eigenvalue weighted by atomic mass is 19.4. The minimum atomic E-state index is -4.52. The zero-order valence-electron chi connectivity index (χ0n) is 16.3. The first-order valence-electron chi connectivity index (χ1n) is 9.64. The minimum absolute atomic E-state index is 0.0471. The van der Waals surface area contributed by atoms with Crippen LogP contribution in [-0.2, 0) is 17.8 Å². The molecule has 2 unspecified atom stereocenters. The molecule has 1 fully saturated rings. The second kappa shape index (κ2) is 7.86. The molecule has 2 aromatic heterocycles. The van der Waals surface area contributed by atoms with Crippen molar-refractivity contribution in [2.24, 2.45) is 0 Å². The number of morpholine rings is 1. The summed E-state index contributed by atoms with van der Waals surface area (Å²) in [4.78, 5) is 23.6. The van der Waals surface area contributed by atoms with Crippen LogP contribution in [0.2, 0.25) is 0 Å². The Morgan fingerprint density at radius 1 is 1.27 bits per heavy atom. The van der Waals surface area contributed by atoms with Crippen LogP contribution < -0.4 is 15.4 Å². The number of halogens is 4. The van der Waals surface area contributed by atoms with Gasteiger partial charge in [0.05, 0.1) is 19.3 Å². The van der Waals surface area contributed by atoms with Gasteiger partial charge < -0.3 is 14.5 Å². The SMILES string of the molecule is CC1COCCN1c1cc(=O)n2c(n1)N(Cc1ccc(F)nc1)C(C(F)(F)F)CC2. The Balaban J connectivity index is 1.78. The summed E-state index contributed by atoms with van der Waals surface area (Å²) in [6, 6.07) is 1.95. The van der Waals surface area contributed by atoms with Crippen LogP contribution in [0.15, 0.2) is 29.2 Å². The van der Waals surface area contributed by atoms with Gasteiger partial charge in [-0.2, -0.15) is 22.5 Å². The number of pyridine rings is 1. The van der Waals surface area contributed by atoms with Crippen molar-refractivity contribution < 1.29 is 22.3 Å². The third-order valence-corrected chi connectivity index (χ3v) is 5.42. The molecule has 4 heterocycles. The fourth-order valence-electron chi connectivity index (χ4n) is 3.89. The molecule has 0 N–H and O–H groups in total. The van der Waals surface area contributed by atoms with E-state index in [1.165, 1.54) is 22.9 Å². The number of alkyl halides is 3. The smallest absolute Gasteiger partial charge is 0.377 e. The molecule has 4 rings (SSSR count). The fraction of sp³-hybridized carbons (Fsp3) is 0.526. The Kier molecular flexibility index (Phi) is 5.39. The van der Waals surface area contributed by atoms with E-state index in [9.17, 15) is 22.4 Å². The lowest BCUT2D eigenvalue weighted by Crippen LogP contribution is -2.52. The van der Waals surface area contributed by atoms with Gasteiger partial charge in [0.15, 0.2) is 0 Å². The zero-order chi connectivity index (χ0) is 21.5. The maximum absolute atomic E-state index is 13.8. The average molecular weight is 427 g/mol. The summed E-state index contributed by atoms with van der Waals surface area (Å²) >= 11 is 0. The van der Waals surface area contributed by atoms with Crippen LogP contribution in [0.1, 0.15) is 18.9 Å². The molecule has 2 aromatic rings. The Morgan fingerprint density at radius 2 is 2.07 bits per heavy atom. The summed E-state index contributed by atoms with van der Waals surface area (Å²) in [7, 11) is 0. The van der Waals surface area contributed by atoms with Crippen LogP contribution in [0, 0.1) is 5.95 Å². The van der Waals surface area contributed by atoms with Gasteiger partial charge in [-0.25, -0.2) is 4.98 Å². The van der Waals surface area contributed by atoms with Gasteiger partial charge in [-0.3, -0.25) is 9.36 Å². The summed E-state index contributed by atoms with van der Waals surface area (Å²) in [6.45, 7) is 2.99. The second-order valence-corrected chi connectivity index (χ2v) is 7.48. The van der Waals surface area contributed by atoms with Gasteiger partial charge in [-0.1, -0.05) is 6.07 Å². The number of aromatic nitrogens is 3. The third-order valence-electron chi connectivity index (χ3n) is 5.42. The van der Waals surface area contributed by atoms with Crippen molar-refractivity contribution in [1.82, 2.24) is 14.5 Å². The van der Waals surface area contributed by atoms with E-state index in [0.29, 0.717) is 31.1 Å². The highest BCUT2D eigenvalue weighted by Gasteiger charge is 2.47. The number of anilines is 2. The van der Waals surface area contributed by atoms with E-state index in [1.807, 2.05) is 11.8 Å². The van der Waals surface area contributed by atoms with E-state index in [-0.39, 0.29) is 31.5 Å². The number of ether oxygens (including phenoxy) is 1. The van der Waals surface area contributed by atoms with Crippen LogP contribution >= 0.6 is 0 Å². The van der Waals surface area contributed by atoms with Crippen LogP contribution in [-0.4, -0.2) is 52.6 Å². The number of rotatable bonds is 3. The largest absolute Gasteiger partial charge is 0.408 e. The van der Waals surface area contributed by atoms with Gasteiger partial charge in [0.1, 0.15) is 11.9 Å². The Morgan fingerprint density at radius 3 is 2.73 bits per heavy atom. The van der Waals surface area contributed by atoms with Crippen LogP contribution in [0.4, 0.5) is 29.3 Å². The molecule has 0 bridgehead atoms. The predicted octanol–water partition coefficient (Wildman–Crippen LogP) is 2.34. The van der Waals surface area contributed by atoms with Crippen molar-refractivity contribution in [3.05, 3.63) is 46.3 Å². The molecule has 0 aromatic carbocycles. The second-order valence-electron chi connectivity index (χ2n) is 7.48. The van der Waals surface area contributed by atoms with Gasteiger partial charge in [-0.15, -0.1) is 0 Å². The highest BCUT2D eigenvalue weighted by molar-refractivity contribution is 5.48. The molecule has 0 amide bonds. The molecule has 2 aliphatic heterocycles. The molecule has 0 spiro atoms. The number of fused-ring (bicyclic) bond motifs is 1. The van der Waals surface area contributed by atoms with Gasteiger partial charge in [0, 0.05) is 31.9 Å². The number of nitrogens with zero attached hydrogens (tertiary/aromatic N) is 5. The van der Waals surface area contributed by atoms with Gasteiger partial charge in [-0.05, 0) is 25.0 Å². The predicted molar refractivity (Wildman–Crippen MR) is 101 cm³/mol. The highest BCUT2D eigenvalue weighted by Crippen LogP contribution is 2.35. The van der Waals surface area contributed by atoms with E-state index in [4.69, 9.17) is 4.74 Å². The molecule has 30 heavy (non-hydrogen) atoms. The van der Waals surface area contributed by atoms with Crippen molar-refractivity contribution in [3.8, 4) is 0 Å². The van der Waals surface area contributed by atoms with E-state index in [1.54, 1.807) is 0 Å². The van der Waals surface area contributed by atoms with Gasteiger partial charge >= 0.3 is 6.18 Å². The molecule has 2 aliphatic rings. The molecule has 2 atom stereocenters. The topological polar surface area (TPSA) is 63.5 Å². The minimum Gasteiger partial charge on any atom is -0.377 e. The first-order chi connectivity index (χ1) is 14.2. The molecular weight excluding hydrogens is 406 g/mol. The molecule has 7 nitrogen and oxygen atoms in total. The monoisotopic (exact) mass is 427 g/mol. The van der Waals surface area contributed by atoms with Crippen molar-refractivity contribution in [2.45, 2.75) is 44.7 Å². The normalized spacial score (nSPS) is 22.2. The van der Waals surface area contributed by atoms with E-state index in [0.717, 1.165) is 11.0 Å². The van der Waals surface area contributed by atoms with Gasteiger partial charge in [0.2, 0.25) is 11.9 Å². The maximum Gasteiger partial charge on any atom is 0.408 e. The third kappa shape index (κ3) is 3.98. The van der Waals surface area contributed by atoms with Crippen molar-refractivity contribution in [3.63, 3.8) is 0 Å². The molecule has 0 saturated carbocycles. The summed E-state index contributed by atoms with van der Waals surface area (Å²) in [5.74, 6) is -0.440.